The van der Waals surface area contributed by atoms with E-state index in [-0.39, 0.29) is 90.1 Å². The summed E-state index contributed by atoms with van der Waals surface area (Å²) in [6.07, 6.45) is -2.61. The molecule has 0 N–H and O–H groups in total. The van der Waals surface area contributed by atoms with Crippen LogP contribution >= 0.6 is 0 Å². The Kier molecular flexibility index (Phi) is 27.5. The van der Waals surface area contributed by atoms with Gasteiger partial charge >= 0.3 is 0 Å². The first-order valence-corrected chi connectivity index (χ1v) is 34.8. The van der Waals surface area contributed by atoms with E-state index < -0.39 is 55.6 Å². The summed E-state index contributed by atoms with van der Waals surface area (Å²) >= 11 is 0. The van der Waals surface area contributed by atoms with Gasteiger partial charge in [0.2, 0.25) is 0 Å². The highest BCUT2D eigenvalue weighted by Crippen LogP contribution is 2.41. The molecule has 0 saturated carbocycles. The summed E-state index contributed by atoms with van der Waals surface area (Å²) in [6.45, 7) is 66.0. The summed E-state index contributed by atoms with van der Waals surface area (Å²) in [5.41, 5.74) is 18.7. The van der Waals surface area contributed by atoms with Crippen LogP contribution in [-0.2, 0) is 43.3 Å². The third-order valence-corrected chi connectivity index (χ3v) is 16.6. The van der Waals surface area contributed by atoms with Gasteiger partial charge in [0.15, 0.2) is 0 Å². The van der Waals surface area contributed by atoms with Crippen molar-refractivity contribution in [2.75, 3.05) is 0 Å². The number of hydrogen-bond donors (Lipinski definition) is 0. The highest BCUT2D eigenvalue weighted by molar-refractivity contribution is 5.47. The van der Waals surface area contributed by atoms with Crippen LogP contribution in [0.5, 0.6) is 0 Å². The lowest BCUT2D eigenvalue weighted by Gasteiger charge is -2.33. The molecule has 0 aromatic heterocycles. The van der Waals surface area contributed by atoms with E-state index in [1.54, 1.807) is 33.3 Å². The van der Waals surface area contributed by atoms with Gasteiger partial charge in [0.1, 0.15) is 0 Å². The van der Waals surface area contributed by atoms with Crippen molar-refractivity contribution < 1.29 is 24.7 Å². The summed E-state index contributed by atoms with van der Waals surface area (Å²) in [7, 11) is 0. The van der Waals surface area contributed by atoms with Crippen LogP contribution in [0.2, 0.25) is 0 Å². The smallest absolute Gasteiger partial charge is 0.0626 e. The number of aryl methyl sites for hydroxylation is 4. The van der Waals surface area contributed by atoms with E-state index in [1.165, 1.54) is 73.3 Å². The third-order valence-electron chi connectivity index (χ3n) is 16.6. The fourth-order valence-corrected chi connectivity index (χ4v) is 12.8. The lowest BCUT2D eigenvalue weighted by atomic mass is 9.71. The van der Waals surface area contributed by atoms with Crippen molar-refractivity contribution >= 4 is 0 Å². The molecule has 98 heavy (non-hydrogen) atoms. The van der Waals surface area contributed by atoms with Gasteiger partial charge in [-0.2, -0.15) is 0 Å². The van der Waals surface area contributed by atoms with E-state index in [0.29, 0.717) is 28.4 Å². The van der Waals surface area contributed by atoms with Gasteiger partial charge in [-0.05, 0) is 214 Å². The van der Waals surface area contributed by atoms with Crippen LogP contribution in [0.15, 0.2) is 145 Å². The van der Waals surface area contributed by atoms with Gasteiger partial charge in [-0.1, -0.05) is 403 Å². The Morgan fingerprint density at radius 1 is 0.316 bits per heavy atom. The van der Waals surface area contributed by atoms with E-state index in [0.717, 1.165) is 18.6 Å². The van der Waals surface area contributed by atoms with Crippen LogP contribution in [0.1, 0.15) is 418 Å². The molecule has 7 aromatic carbocycles. The number of rotatable bonds is 6. The summed E-state index contributed by atoms with van der Waals surface area (Å²) < 4.78 is 143. The van der Waals surface area contributed by atoms with Crippen LogP contribution in [0.3, 0.4) is 0 Å². The summed E-state index contributed by atoms with van der Waals surface area (Å²) in [6, 6.07) is 40.2. The molecule has 0 aliphatic rings. The molecule has 0 bridgehead atoms. The number of benzene rings is 7. The maximum Gasteiger partial charge on any atom is 0.0626 e. The Balaban J connectivity index is -0.00000132. The van der Waals surface area contributed by atoms with E-state index in [9.17, 15) is 0 Å². The second-order valence-electron chi connectivity index (χ2n) is 35.0. The van der Waals surface area contributed by atoms with Crippen molar-refractivity contribution in [3.05, 3.63) is 246 Å². The quantitative estimate of drug-likeness (QED) is 0.156. The monoisotopic (exact) mass is 1360 g/mol. The van der Waals surface area contributed by atoms with Gasteiger partial charge in [0, 0.05) is 19.2 Å². The number of hydrogen-bond acceptors (Lipinski definition) is 0. The fourth-order valence-electron chi connectivity index (χ4n) is 12.8. The first-order chi connectivity index (χ1) is 50.1. The topological polar surface area (TPSA) is 0 Å². The van der Waals surface area contributed by atoms with Crippen LogP contribution in [0, 0.1) is 34.6 Å². The van der Waals surface area contributed by atoms with Crippen LogP contribution in [0.25, 0.3) is 0 Å². The van der Waals surface area contributed by atoms with Crippen molar-refractivity contribution in [2.24, 2.45) is 0 Å². The highest BCUT2D eigenvalue weighted by Gasteiger charge is 2.29. The SMILES string of the molecule is C.C.C.CC(C)(C)c1ccccc1.CC(C)c1cccc(C(C)C)c1C(C)(C)C.Cc1cccc(C)c1C(C)(C)C.Cc1cccc(C)c1C(C)(C)C.[2H]C(C)(C)c1cccc(C(C)(C)C)c1C(C)(C)C.[2H]C([2H])([2H])C([2H])(c1cccc(C([2H])(C([2H])([2H])[2H])C([2H])([2H])C)c1C(C)(C)C)C([2H])([2H])[2H].[2H]c1c([2H])c([2H])c(C(C)(C)C)c(C)c1[2H]. The van der Waals surface area contributed by atoms with Gasteiger partial charge in [0.25, 0.3) is 0 Å². The van der Waals surface area contributed by atoms with Crippen molar-refractivity contribution in [1.29, 1.82) is 0 Å². The minimum Gasteiger partial charge on any atom is -0.0776 e. The van der Waals surface area contributed by atoms with Gasteiger partial charge in [0.05, 0.1) is 5.48 Å². The lowest BCUT2D eigenvalue weighted by Crippen LogP contribution is -2.24. The Labute approximate surface area is 639 Å². The second kappa shape index (κ2) is 40.3. The second-order valence-corrected chi connectivity index (χ2v) is 35.0. The highest BCUT2D eigenvalue weighted by atomic mass is 14.3. The van der Waals surface area contributed by atoms with Gasteiger partial charge in [-0.3, -0.25) is 0 Å². The standard InChI is InChI=1S/2C17H28.C16H26.2C12H18.C11H16.C10H14.3CH4/c1-12(2)13-10-9-11-14(16(3,4)5)15(13)17(6,7)8;1-8-13(4)15-11-9-10-14(12(2)3)16(15)17(5,6)7;1-11(2)13-9-8-10-14(12(3)4)15(13)16(5,6)7;2*1-9-7-6-8-10(2)11(9)12(3,4)5;1-9-7-5-6-8-10(9)11(2,3)4;1-10(2,3)9-7-5-4-6-8-9;;;/h9-12H,1-8H3;9-13H,8H2,1-7H3;8-12H,1-7H3;2*6-8H,1-5H3;5-8H,1-4H3;4-8H,1-3H3;3*1H4/i12D;2D3,3D3,4D3,8D2,12D,13D;;;;5D,6D,7D,8D;;;;. The molecule has 1 unspecified atom stereocenters. The zero-order valence-electron chi connectivity index (χ0n) is 85.2. The average molecular weight is 1360 g/mol. The predicted octanol–water partition coefficient (Wildman–Crippen LogP) is 31.6. The molecule has 7 aromatic rings. The molecule has 0 aliphatic carbocycles. The molecule has 7 rings (SSSR count). The van der Waals surface area contributed by atoms with Crippen LogP contribution < -0.4 is 0 Å². The molecule has 1 atom stereocenters. The predicted molar refractivity (Wildman–Crippen MR) is 454 cm³/mol. The van der Waals surface area contributed by atoms with E-state index in [2.05, 4.69) is 283 Å². The molecule has 0 saturated heterocycles. The molecule has 0 fully saturated rings. The van der Waals surface area contributed by atoms with Gasteiger partial charge in [-0.25, -0.2) is 0 Å². The Hall–Kier alpha value is -5.46. The Morgan fingerprint density at radius 2 is 0.633 bits per heavy atom. The molecule has 0 aliphatic heterocycles. The van der Waals surface area contributed by atoms with Crippen molar-refractivity contribution in [3.8, 4) is 0 Å². The van der Waals surface area contributed by atoms with Crippen molar-refractivity contribution in [2.45, 2.75) is 371 Å². The summed E-state index contributed by atoms with van der Waals surface area (Å²) in [4.78, 5) is 0. The Bertz CT molecular complexity index is 3930. The maximum atomic E-state index is 8.72. The summed E-state index contributed by atoms with van der Waals surface area (Å²) in [5, 5.41) is 0. The molecule has 0 spiro atoms. The van der Waals surface area contributed by atoms with Crippen molar-refractivity contribution in [3.63, 3.8) is 0 Å². The van der Waals surface area contributed by atoms with E-state index in [4.69, 9.17) is 24.7 Å². The molecular weight excluding hydrogens is 1180 g/mol. The molecule has 0 heterocycles. The first kappa shape index (κ1) is 67.1. The molecule has 0 heteroatoms. The normalized spacial score (nSPS) is 15.9. The largest absolute Gasteiger partial charge is 0.0776 e. The summed E-state index contributed by atoms with van der Waals surface area (Å²) in [5.74, 6) is -5.30. The molecular formula is C98H160. The molecule has 0 nitrogen and oxygen atoms in total. The van der Waals surface area contributed by atoms with Crippen LogP contribution in [-0.4, -0.2) is 0 Å². The van der Waals surface area contributed by atoms with Crippen LogP contribution in [0.4, 0.5) is 0 Å². The molecule has 552 valence electrons. The first-order valence-electron chi connectivity index (χ1n) is 43.8. The average Bonchev–Trinajstić information content (AvgIpc) is 0.704. The van der Waals surface area contributed by atoms with Gasteiger partial charge < -0.3 is 0 Å². The Morgan fingerprint density at radius 3 is 0.918 bits per heavy atom. The molecule has 0 amide bonds. The maximum absolute atomic E-state index is 8.72. The fraction of sp³-hybridized carbons (Fsp3) is 0.571. The molecule has 0 radical (unpaired) electrons. The lowest BCUT2D eigenvalue weighted by molar-refractivity contribution is 0.521. The third kappa shape index (κ3) is 30.8. The van der Waals surface area contributed by atoms with E-state index in [1.807, 2.05) is 34.6 Å². The van der Waals surface area contributed by atoms with Crippen molar-refractivity contribution in [1.82, 2.24) is 0 Å². The minimum atomic E-state index is -3.31. The zero-order valence-corrected chi connectivity index (χ0v) is 67.2. The van der Waals surface area contributed by atoms with Gasteiger partial charge in [-0.15, -0.1) is 0 Å². The minimum absolute atomic E-state index is 0. The zero-order chi connectivity index (χ0) is 89.5. The van der Waals surface area contributed by atoms with E-state index >= 15 is 0 Å².